The molecule has 1 saturated carbocycles. The molecule has 0 aromatic heterocycles. The summed E-state index contributed by atoms with van der Waals surface area (Å²) in [5.41, 5.74) is -0.682. The third-order valence-electron chi connectivity index (χ3n) is 6.48. The van der Waals surface area contributed by atoms with Crippen molar-refractivity contribution in [1.29, 1.82) is 5.26 Å². The number of nitrogens with one attached hydrogen (secondary N) is 1. The molecule has 172 valence electrons. The van der Waals surface area contributed by atoms with Gasteiger partial charge in [0, 0.05) is 12.1 Å². The van der Waals surface area contributed by atoms with Crippen LogP contribution in [-0.2, 0) is 4.74 Å². The maximum absolute atomic E-state index is 14.4. The second-order valence-electron chi connectivity index (χ2n) is 9.03. The van der Waals surface area contributed by atoms with E-state index in [2.05, 4.69) is 5.32 Å². The third-order valence-corrected chi connectivity index (χ3v) is 6.48. The average Bonchev–Trinajstić information content (AvgIpc) is 3.03. The number of nitriles is 1. The molecule has 1 aliphatic heterocycles. The first-order chi connectivity index (χ1) is 15.7. The van der Waals surface area contributed by atoms with E-state index < -0.39 is 22.0 Å². The molecule has 33 heavy (non-hydrogen) atoms. The molecule has 8 nitrogen and oxygen atoms in total. The highest BCUT2D eigenvalue weighted by Gasteiger charge is 2.51. The molecule has 1 saturated heterocycles. The number of nitro benzene ring substituents is 1. The summed E-state index contributed by atoms with van der Waals surface area (Å²) < 4.78 is 20.1. The second kappa shape index (κ2) is 8.70. The van der Waals surface area contributed by atoms with Crippen LogP contribution in [0.2, 0.25) is 0 Å². The number of benzene rings is 2. The highest BCUT2D eigenvalue weighted by atomic mass is 19.1. The van der Waals surface area contributed by atoms with Crippen molar-refractivity contribution in [3.8, 4) is 6.07 Å². The fraction of sp³-hybridized carbons (Fsp3) is 0.417. The minimum Gasteiger partial charge on any atom is -0.441 e. The predicted molar refractivity (Wildman–Crippen MR) is 119 cm³/mol. The van der Waals surface area contributed by atoms with Crippen molar-refractivity contribution in [1.82, 2.24) is 4.90 Å². The Morgan fingerprint density at radius 3 is 2.45 bits per heavy atom. The Bertz CT molecular complexity index is 1110. The van der Waals surface area contributed by atoms with Crippen molar-refractivity contribution < 1.29 is 18.8 Å². The number of carbonyl (C=O) groups excluding carboxylic acids is 1. The molecule has 1 amide bonds. The molecule has 1 unspecified atom stereocenters. The van der Waals surface area contributed by atoms with Gasteiger partial charge in [-0.3, -0.25) is 15.0 Å². The fourth-order valence-corrected chi connectivity index (χ4v) is 5.00. The maximum Gasteiger partial charge on any atom is 0.411 e. The minimum atomic E-state index is -1.13. The van der Waals surface area contributed by atoms with Gasteiger partial charge < -0.3 is 10.1 Å². The normalized spacial score (nSPS) is 24.1. The molecule has 2 aromatic carbocycles. The van der Waals surface area contributed by atoms with Gasteiger partial charge in [0.15, 0.2) is 0 Å². The quantitative estimate of drug-likeness (QED) is 0.487. The average molecular weight is 452 g/mol. The van der Waals surface area contributed by atoms with Gasteiger partial charge in [-0.25, -0.2) is 4.79 Å². The molecule has 9 heteroatoms. The van der Waals surface area contributed by atoms with Crippen LogP contribution in [0.1, 0.15) is 56.7 Å². The molecule has 4 rings (SSSR count). The number of cyclic esters (lactones) is 1. The van der Waals surface area contributed by atoms with Crippen LogP contribution in [0.25, 0.3) is 0 Å². The molecular formula is C24H25FN4O4. The first-order valence-electron chi connectivity index (χ1n) is 10.9. The van der Waals surface area contributed by atoms with Crippen molar-refractivity contribution in [3.05, 3.63) is 69.5 Å². The fourth-order valence-electron chi connectivity index (χ4n) is 5.00. The van der Waals surface area contributed by atoms with Gasteiger partial charge in [0.2, 0.25) is 5.82 Å². The molecule has 1 heterocycles. The predicted octanol–water partition coefficient (Wildman–Crippen LogP) is 5.30. The molecule has 2 aromatic rings. The van der Waals surface area contributed by atoms with E-state index in [9.17, 15) is 19.3 Å². The van der Waals surface area contributed by atoms with Crippen LogP contribution in [-0.4, -0.2) is 33.6 Å². The first-order valence-corrected chi connectivity index (χ1v) is 10.9. The summed E-state index contributed by atoms with van der Waals surface area (Å²) in [5, 5.41) is 23.4. The SMILES string of the molecule is CC1(C)OC(=O)N(C2CCC(Nc3ccc(C#N)c(F)c3[N+](=O)[O-])CC2)C1c1ccccc1. The van der Waals surface area contributed by atoms with Gasteiger partial charge in [-0.1, -0.05) is 30.3 Å². The minimum absolute atomic E-state index is 0.0322. The van der Waals surface area contributed by atoms with E-state index in [0.717, 1.165) is 5.56 Å². The van der Waals surface area contributed by atoms with Crippen molar-refractivity contribution in [2.45, 2.75) is 63.3 Å². The molecule has 0 bridgehead atoms. The molecule has 2 fully saturated rings. The standard InChI is InChI=1S/C24H25FN4O4/c1-24(2)22(15-6-4-3-5-7-15)28(23(30)33-24)18-11-9-17(10-12-18)27-19-13-8-16(14-26)20(25)21(19)29(31)32/h3-8,13,17-18,22,27H,9-12H2,1-2H3. The monoisotopic (exact) mass is 452 g/mol. The van der Waals surface area contributed by atoms with Crippen molar-refractivity contribution >= 4 is 17.5 Å². The zero-order valence-corrected chi connectivity index (χ0v) is 18.5. The van der Waals surface area contributed by atoms with E-state index in [1.807, 2.05) is 49.1 Å². The van der Waals surface area contributed by atoms with Crippen molar-refractivity contribution in [2.75, 3.05) is 5.32 Å². The lowest BCUT2D eigenvalue weighted by molar-refractivity contribution is -0.386. The van der Waals surface area contributed by atoms with E-state index >= 15 is 0 Å². The Balaban J connectivity index is 1.49. The first kappa shape index (κ1) is 22.5. The lowest BCUT2D eigenvalue weighted by atomic mass is 9.86. The molecule has 1 N–H and O–H groups in total. The topological polar surface area (TPSA) is 108 Å². The van der Waals surface area contributed by atoms with Gasteiger partial charge in [0.25, 0.3) is 0 Å². The number of hydrogen-bond donors (Lipinski definition) is 1. The number of carbonyl (C=O) groups is 1. The van der Waals surface area contributed by atoms with Gasteiger partial charge in [-0.2, -0.15) is 9.65 Å². The Kier molecular flexibility index (Phi) is 5.93. The Morgan fingerprint density at radius 1 is 1.18 bits per heavy atom. The van der Waals surface area contributed by atoms with Gasteiger partial charge >= 0.3 is 11.8 Å². The summed E-state index contributed by atoms with van der Waals surface area (Å²) >= 11 is 0. The highest BCUT2D eigenvalue weighted by Crippen LogP contribution is 2.44. The van der Waals surface area contributed by atoms with Gasteiger partial charge in [-0.05, 0) is 57.2 Å². The molecule has 0 radical (unpaired) electrons. The summed E-state index contributed by atoms with van der Waals surface area (Å²) in [6.07, 6.45) is 2.32. The summed E-state index contributed by atoms with van der Waals surface area (Å²) in [6.45, 7) is 3.82. The number of hydrogen-bond acceptors (Lipinski definition) is 6. The number of anilines is 1. The molecule has 1 atom stereocenters. The van der Waals surface area contributed by atoms with Crippen LogP contribution >= 0.6 is 0 Å². The number of halogens is 1. The molecule has 2 aliphatic rings. The number of rotatable bonds is 5. The second-order valence-corrected chi connectivity index (χ2v) is 9.03. The van der Waals surface area contributed by atoms with E-state index in [1.54, 1.807) is 6.07 Å². The summed E-state index contributed by atoms with van der Waals surface area (Å²) in [7, 11) is 0. The summed E-state index contributed by atoms with van der Waals surface area (Å²) in [6, 6.07) is 13.7. The van der Waals surface area contributed by atoms with Gasteiger partial charge in [-0.15, -0.1) is 0 Å². The van der Waals surface area contributed by atoms with Gasteiger partial charge in [0.1, 0.15) is 17.4 Å². The van der Waals surface area contributed by atoms with Crippen LogP contribution in [0.15, 0.2) is 42.5 Å². The molecule has 1 aliphatic carbocycles. The van der Waals surface area contributed by atoms with Crippen LogP contribution < -0.4 is 5.32 Å². The van der Waals surface area contributed by atoms with Gasteiger partial charge in [0.05, 0.1) is 16.5 Å². The smallest absolute Gasteiger partial charge is 0.411 e. The summed E-state index contributed by atoms with van der Waals surface area (Å²) in [5.74, 6) is -1.13. The maximum atomic E-state index is 14.4. The van der Waals surface area contributed by atoms with E-state index in [4.69, 9.17) is 10.00 Å². The molecule has 0 spiro atoms. The number of nitrogens with zero attached hydrogens (tertiary/aromatic N) is 3. The zero-order valence-electron chi connectivity index (χ0n) is 18.5. The highest BCUT2D eigenvalue weighted by molar-refractivity contribution is 5.72. The Hall–Kier alpha value is -3.67. The lowest BCUT2D eigenvalue weighted by Crippen LogP contribution is -2.44. The zero-order chi connectivity index (χ0) is 23.8. The van der Waals surface area contributed by atoms with Crippen molar-refractivity contribution in [3.63, 3.8) is 0 Å². The largest absolute Gasteiger partial charge is 0.441 e. The van der Waals surface area contributed by atoms with Crippen LogP contribution in [0.4, 0.5) is 20.6 Å². The van der Waals surface area contributed by atoms with Crippen LogP contribution in [0.3, 0.4) is 0 Å². The summed E-state index contributed by atoms with van der Waals surface area (Å²) in [4.78, 5) is 25.2. The third kappa shape index (κ3) is 4.21. The van der Waals surface area contributed by atoms with Crippen LogP contribution in [0, 0.1) is 27.3 Å². The number of amides is 1. The molecular weight excluding hydrogens is 427 g/mol. The Morgan fingerprint density at radius 2 is 1.85 bits per heavy atom. The van der Waals surface area contributed by atoms with E-state index in [1.165, 1.54) is 12.1 Å². The number of nitro groups is 1. The lowest BCUT2D eigenvalue weighted by Gasteiger charge is -2.38. The van der Waals surface area contributed by atoms with E-state index in [0.29, 0.717) is 25.7 Å². The van der Waals surface area contributed by atoms with E-state index in [-0.39, 0.29) is 35.5 Å². The Labute approximate surface area is 191 Å². The van der Waals surface area contributed by atoms with Crippen LogP contribution in [0.5, 0.6) is 0 Å². The van der Waals surface area contributed by atoms with Crippen molar-refractivity contribution in [2.24, 2.45) is 0 Å². The number of ether oxygens (including phenoxy) is 1.